The highest BCUT2D eigenvalue weighted by Crippen LogP contribution is 2.29. The van der Waals surface area contributed by atoms with Crippen LogP contribution in [0.2, 0.25) is 0 Å². The van der Waals surface area contributed by atoms with Crippen LogP contribution in [0.3, 0.4) is 0 Å². The van der Waals surface area contributed by atoms with E-state index in [1.165, 1.54) is 23.5 Å². The van der Waals surface area contributed by atoms with Gasteiger partial charge in [0.15, 0.2) is 5.65 Å². The largest absolute Gasteiger partial charge is 0.349 e. The Kier molecular flexibility index (Phi) is 6.71. The molecule has 182 valence electrons. The number of carbonyl (C=O) groups excluding carboxylic acids is 2. The van der Waals surface area contributed by atoms with Gasteiger partial charge in [0.1, 0.15) is 11.3 Å². The van der Waals surface area contributed by atoms with Crippen molar-refractivity contribution >= 4 is 34.3 Å². The zero-order valence-corrected chi connectivity index (χ0v) is 21.2. The first-order valence-corrected chi connectivity index (χ1v) is 12.1. The second-order valence-corrected chi connectivity index (χ2v) is 10.8. The summed E-state index contributed by atoms with van der Waals surface area (Å²) in [4.78, 5) is 40.9. The molecule has 4 rings (SSSR count). The van der Waals surface area contributed by atoms with Gasteiger partial charge >= 0.3 is 0 Å². The number of nitrogens with zero attached hydrogens (tertiary/aromatic N) is 3. The van der Waals surface area contributed by atoms with Crippen molar-refractivity contribution in [3.63, 3.8) is 0 Å². The van der Waals surface area contributed by atoms with E-state index in [9.17, 15) is 14.0 Å². The molecule has 0 fully saturated rings. The maximum absolute atomic E-state index is 13.1. The Balaban J connectivity index is 1.54. The summed E-state index contributed by atoms with van der Waals surface area (Å²) >= 11 is 1.31. The molecule has 0 saturated carbocycles. The normalized spacial score (nSPS) is 12.5. The number of aromatic amines is 1. The van der Waals surface area contributed by atoms with Crippen molar-refractivity contribution in [2.45, 2.75) is 40.3 Å². The maximum atomic E-state index is 13.1. The van der Waals surface area contributed by atoms with E-state index >= 15 is 0 Å². The summed E-state index contributed by atoms with van der Waals surface area (Å²) in [5.74, 6) is -0.664. The molecule has 9 heteroatoms. The van der Waals surface area contributed by atoms with Gasteiger partial charge in [0.05, 0.1) is 27.2 Å². The van der Waals surface area contributed by atoms with Crippen LogP contribution < -0.4 is 5.32 Å². The van der Waals surface area contributed by atoms with Crippen LogP contribution >= 0.6 is 11.3 Å². The molecule has 1 atom stereocenters. The smallest absolute Gasteiger partial charge is 0.263 e. The summed E-state index contributed by atoms with van der Waals surface area (Å²) in [5, 5.41) is 3.03. The number of H-pyrrole nitrogens is 1. The molecule has 2 amide bonds. The molecular formula is C26H28FN5O2S. The molecule has 0 bridgehead atoms. The molecule has 0 aliphatic carbocycles. The number of benzene rings is 1. The standard InChI is InChI=1S/C26H28FN5O2S/c1-15(26(2,3)4)30-24(33)18-12-28-23-22(18)31-19(13-29-23)20-10-11-21(35-20)25(34)32(5)14-16-6-8-17(27)9-7-16/h6-13,15H,14H2,1-5H3,(H,28,29)(H,30,33)/t15-/m0/s1. The molecule has 7 nitrogen and oxygen atoms in total. The fourth-order valence-electron chi connectivity index (χ4n) is 3.39. The fourth-order valence-corrected chi connectivity index (χ4v) is 4.34. The van der Waals surface area contributed by atoms with Crippen LogP contribution in [0, 0.1) is 11.2 Å². The van der Waals surface area contributed by atoms with Crippen molar-refractivity contribution in [2.75, 3.05) is 7.05 Å². The number of thiophene rings is 1. The molecule has 0 radical (unpaired) electrons. The predicted octanol–water partition coefficient (Wildman–Crippen LogP) is 5.26. The third-order valence-corrected chi connectivity index (χ3v) is 7.12. The number of rotatable bonds is 6. The molecule has 3 heterocycles. The molecule has 2 N–H and O–H groups in total. The summed E-state index contributed by atoms with van der Waals surface area (Å²) < 4.78 is 13.1. The minimum Gasteiger partial charge on any atom is -0.349 e. The number of aromatic nitrogens is 3. The lowest BCUT2D eigenvalue weighted by Gasteiger charge is -2.27. The van der Waals surface area contributed by atoms with Crippen LogP contribution in [0.5, 0.6) is 0 Å². The Bertz CT molecular complexity index is 1370. The summed E-state index contributed by atoms with van der Waals surface area (Å²) in [7, 11) is 1.71. The first kappa shape index (κ1) is 24.5. The van der Waals surface area contributed by atoms with E-state index in [0.717, 1.165) is 10.4 Å². The summed E-state index contributed by atoms with van der Waals surface area (Å²) in [6, 6.07) is 9.64. The summed E-state index contributed by atoms with van der Waals surface area (Å²) in [6.07, 6.45) is 3.24. The summed E-state index contributed by atoms with van der Waals surface area (Å²) in [6.45, 7) is 8.54. The Morgan fingerprint density at radius 1 is 1.17 bits per heavy atom. The van der Waals surface area contributed by atoms with E-state index in [4.69, 9.17) is 0 Å². The average molecular weight is 494 g/mol. The predicted molar refractivity (Wildman–Crippen MR) is 136 cm³/mol. The van der Waals surface area contributed by atoms with Crippen LogP contribution in [0.25, 0.3) is 21.7 Å². The second kappa shape index (κ2) is 9.58. The number of nitrogens with one attached hydrogen (secondary N) is 2. The van der Waals surface area contributed by atoms with Crippen molar-refractivity contribution in [3.05, 3.63) is 70.6 Å². The quantitative estimate of drug-likeness (QED) is 0.383. The minimum absolute atomic E-state index is 0.0335. The van der Waals surface area contributed by atoms with Gasteiger partial charge < -0.3 is 15.2 Å². The van der Waals surface area contributed by atoms with E-state index in [1.54, 1.807) is 42.5 Å². The summed E-state index contributed by atoms with van der Waals surface area (Å²) in [5.41, 5.74) is 2.78. The van der Waals surface area contributed by atoms with Crippen molar-refractivity contribution in [1.82, 2.24) is 25.2 Å². The van der Waals surface area contributed by atoms with E-state index in [1.807, 2.05) is 13.0 Å². The van der Waals surface area contributed by atoms with Crippen LogP contribution in [0.4, 0.5) is 4.39 Å². The highest BCUT2D eigenvalue weighted by atomic mass is 32.1. The van der Waals surface area contributed by atoms with E-state index < -0.39 is 0 Å². The molecule has 35 heavy (non-hydrogen) atoms. The Hall–Kier alpha value is -3.59. The Labute approximate surface area is 207 Å². The Morgan fingerprint density at radius 2 is 1.89 bits per heavy atom. The van der Waals surface area contributed by atoms with E-state index in [0.29, 0.717) is 33.8 Å². The maximum Gasteiger partial charge on any atom is 0.263 e. The SMILES string of the molecule is C[C@H](NC(=O)c1c[nH]c2ncc(-c3ccc(C(=O)N(C)Cc4ccc(F)cc4)s3)nc12)C(C)(C)C. The highest BCUT2D eigenvalue weighted by Gasteiger charge is 2.24. The van der Waals surface area contributed by atoms with Gasteiger partial charge in [-0.05, 0) is 42.2 Å². The van der Waals surface area contributed by atoms with Gasteiger partial charge in [-0.25, -0.2) is 14.4 Å². The van der Waals surface area contributed by atoms with Crippen molar-refractivity contribution in [3.8, 4) is 10.6 Å². The van der Waals surface area contributed by atoms with Gasteiger partial charge in [0, 0.05) is 25.8 Å². The van der Waals surface area contributed by atoms with Gasteiger partial charge in [-0.15, -0.1) is 11.3 Å². The third kappa shape index (κ3) is 5.40. The lowest BCUT2D eigenvalue weighted by molar-refractivity contribution is 0.0789. The zero-order valence-electron chi connectivity index (χ0n) is 20.3. The number of hydrogen-bond donors (Lipinski definition) is 2. The first-order chi connectivity index (χ1) is 16.5. The van der Waals surface area contributed by atoms with Gasteiger partial charge in [-0.2, -0.15) is 0 Å². The molecule has 0 aliphatic heterocycles. The van der Waals surface area contributed by atoms with Crippen molar-refractivity contribution in [2.24, 2.45) is 5.41 Å². The number of halogens is 1. The van der Waals surface area contributed by atoms with Gasteiger partial charge in [0.25, 0.3) is 11.8 Å². The number of amides is 2. The first-order valence-electron chi connectivity index (χ1n) is 11.3. The third-order valence-electron chi connectivity index (χ3n) is 6.02. The lowest BCUT2D eigenvalue weighted by Crippen LogP contribution is -2.41. The highest BCUT2D eigenvalue weighted by molar-refractivity contribution is 7.17. The van der Waals surface area contributed by atoms with Crippen LogP contribution in [-0.4, -0.2) is 44.8 Å². The van der Waals surface area contributed by atoms with Crippen molar-refractivity contribution in [1.29, 1.82) is 0 Å². The van der Waals surface area contributed by atoms with Crippen LogP contribution in [0.1, 0.15) is 53.3 Å². The van der Waals surface area contributed by atoms with Crippen molar-refractivity contribution < 1.29 is 14.0 Å². The lowest BCUT2D eigenvalue weighted by atomic mass is 9.88. The minimum atomic E-state index is -0.310. The number of hydrogen-bond acceptors (Lipinski definition) is 5. The topological polar surface area (TPSA) is 91.0 Å². The average Bonchev–Trinajstić information content (AvgIpc) is 3.46. The van der Waals surface area contributed by atoms with Gasteiger partial charge in [0.2, 0.25) is 0 Å². The van der Waals surface area contributed by atoms with E-state index in [-0.39, 0.29) is 29.1 Å². The molecule has 1 aromatic carbocycles. The zero-order chi connectivity index (χ0) is 25.3. The number of carbonyl (C=O) groups is 2. The monoisotopic (exact) mass is 493 g/mol. The molecule has 3 aromatic heterocycles. The molecule has 0 unspecified atom stereocenters. The molecule has 0 aliphatic rings. The van der Waals surface area contributed by atoms with Crippen LogP contribution in [0.15, 0.2) is 48.8 Å². The van der Waals surface area contributed by atoms with Gasteiger partial charge in [-0.1, -0.05) is 32.9 Å². The molecule has 4 aromatic rings. The second-order valence-electron chi connectivity index (χ2n) is 9.67. The number of fused-ring (bicyclic) bond motifs is 1. The Morgan fingerprint density at radius 3 is 2.57 bits per heavy atom. The van der Waals surface area contributed by atoms with Gasteiger partial charge in [-0.3, -0.25) is 9.59 Å². The molecular weight excluding hydrogens is 465 g/mol. The molecule has 0 saturated heterocycles. The van der Waals surface area contributed by atoms with E-state index in [2.05, 4.69) is 41.0 Å². The fraction of sp³-hybridized carbons (Fsp3) is 0.308. The molecule has 0 spiro atoms. The van der Waals surface area contributed by atoms with Crippen LogP contribution in [-0.2, 0) is 6.54 Å².